The van der Waals surface area contributed by atoms with E-state index in [0.717, 1.165) is 83.0 Å². The topological polar surface area (TPSA) is 38.9 Å². The van der Waals surface area contributed by atoms with Crippen LogP contribution in [0.5, 0.6) is 0 Å². The average Bonchev–Trinajstić information content (AvgIpc) is 3.78. The quantitative estimate of drug-likeness (QED) is 0.153. The van der Waals surface area contributed by atoms with Crippen LogP contribution in [0, 0.1) is 0 Å². The summed E-state index contributed by atoms with van der Waals surface area (Å²) < 4.78 is 6.47. The highest BCUT2D eigenvalue weighted by molar-refractivity contribution is 6.15. The van der Waals surface area contributed by atoms with E-state index in [-0.39, 0.29) is 0 Å². The van der Waals surface area contributed by atoms with E-state index in [2.05, 4.69) is 237 Å². The van der Waals surface area contributed by atoms with Crippen LogP contribution in [0.4, 0.5) is 0 Å². The smallest absolute Gasteiger partial charge is 0.160 e. The first-order chi connectivity index (χ1) is 32.2. The highest BCUT2D eigenvalue weighted by atomic mass is 16.3. The highest BCUT2D eigenvalue weighted by Gasteiger charge is 2.17. The second kappa shape index (κ2) is 16.2. The predicted molar refractivity (Wildman–Crippen MR) is 270 cm³/mol. The summed E-state index contributed by atoms with van der Waals surface area (Å²) in [5.41, 5.74) is 18.1. The molecule has 0 aliphatic rings. The fourth-order valence-electron chi connectivity index (χ4n) is 9.17. The maximum Gasteiger partial charge on any atom is 0.160 e. The van der Waals surface area contributed by atoms with Gasteiger partial charge in [-0.15, -0.1) is 0 Å². The Bertz CT molecular complexity index is 3670. The van der Waals surface area contributed by atoms with Gasteiger partial charge in [-0.2, -0.15) is 0 Å². The first-order valence-corrected chi connectivity index (χ1v) is 22.0. The molecule has 2 heterocycles. The maximum absolute atomic E-state index is 6.47. The summed E-state index contributed by atoms with van der Waals surface area (Å²) in [6.07, 6.45) is 0. The molecule has 0 amide bonds. The van der Waals surface area contributed by atoms with E-state index in [1.54, 1.807) is 0 Å². The Kier molecular flexibility index (Phi) is 9.50. The van der Waals surface area contributed by atoms with Crippen LogP contribution in [0.15, 0.2) is 247 Å². The molecular formula is C62H40N2O. The fourth-order valence-corrected chi connectivity index (χ4v) is 9.17. The minimum Gasteiger partial charge on any atom is -0.455 e. The average molecular weight is 829 g/mol. The Balaban J connectivity index is 0.965. The molecular weight excluding hydrogens is 789 g/mol. The summed E-state index contributed by atoms with van der Waals surface area (Å²) in [6, 6.07) is 86.0. The Morgan fingerprint density at radius 2 is 0.785 bits per heavy atom. The Labute approximate surface area is 377 Å². The minimum atomic E-state index is 0.667. The lowest BCUT2D eigenvalue weighted by Crippen LogP contribution is -1.96. The zero-order valence-electron chi connectivity index (χ0n) is 35.4. The van der Waals surface area contributed by atoms with Gasteiger partial charge in [0.05, 0.1) is 11.4 Å². The van der Waals surface area contributed by atoms with Crippen LogP contribution >= 0.6 is 0 Å². The van der Waals surface area contributed by atoms with Gasteiger partial charge in [0, 0.05) is 32.8 Å². The Morgan fingerprint density at radius 1 is 0.262 bits per heavy atom. The third-order valence-electron chi connectivity index (χ3n) is 12.5. The van der Waals surface area contributed by atoms with Crippen molar-refractivity contribution in [3.05, 3.63) is 243 Å². The molecule has 0 spiro atoms. The molecule has 0 saturated heterocycles. The number of fused-ring (bicyclic) bond motifs is 5. The van der Waals surface area contributed by atoms with Crippen molar-refractivity contribution in [1.29, 1.82) is 0 Å². The number of aromatic nitrogens is 2. The van der Waals surface area contributed by atoms with E-state index in [0.29, 0.717) is 5.82 Å². The van der Waals surface area contributed by atoms with E-state index in [1.165, 1.54) is 33.4 Å². The van der Waals surface area contributed by atoms with Crippen LogP contribution in [0.2, 0.25) is 0 Å². The van der Waals surface area contributed by atoms with Crippen LogP contribution in [-0.4, -0.2) is 9.97 Å². The van der Waals surface area contributed by atoms with E-state index >= 15 is 0 Å². The van der Waals surface area contributed by atoms with Crippen LogP contribution in [-0.2, 0) is 0 Å². The van der Waals surface area contributed by atoms with E-state index in [9.17, 15) is 0 Å². The molecule has 65 heavy (non-hydrogen) atoms. The molecule has 12 rings (SSSR count). The zero-order chi connectivity index (χ0) is 43.1. The fraction of sp³-hybridized carbons (Fsp3) is 0. The van der Waals surface area contributed by atoms with Crippen molar-refractivity contribution in [1.82, 2.24) is 9.97 Å². The van der Waals surface area contributed by atoms with Crippen molar-refractivity contribution in [3.8, 4) is 89.5 Å². The molecule has 0 radical (unpaired) electrons. The molecule has 0 bridgehead atoms. The number of hydrogen-bond acceptors (Lipinski definition) is 3. The molecule has 2 aromatic heterocycles. The molecule has 3 heteroatoms. The first kappa shape index (κ1) is 38.0. The van der Waals surface area contributed by atoms with Gasteiger partial charge in [-0.1, -0.05) is 188 Å². The Hall–Kier alpha value is -8.66. The van der Waals surface area contributed by atoms with Crippen molar-refractivity contribution < 1.29 is 4.42 Å². The number of benzene rings is 10. The molecule has 0 unspecified atom stereocenters. The second-order valence-electron chi connectivity index (χ2n) is 16.5. The highest BCUT2D eigenvalue weighted by Crippen LogP contribution is 2.41. The number of furan rings is 1. The van der Waals surface area contributed by atoms with Gasteiger partial charge < -0.3 is 4.42 Å². The molecule has 0 atom stereocenters. The predicted octanol–water partition coefficient (Wildman–Crippen LogP) is 16.9. The van der Waals surface area contributed by atoms with Crippen LogP contribution < -0.4 is 0 Å². The summed E-state index contributed by atoms with van der Waals surface area (Å²) in [4.78, 5) is 10.4. The van der Waals surface area contributed by atoms with Gasteiger partial charge in [0.15, 0.2) is 5.82 Å². The van der Waals surface area contributed by atoms with Crippen molar-refractivity contribution in [2.75, 3.05) is 0 Å². The van der Waals surface area contributed by atoms with Gasteiger partial charge in [0.2, 0.25) is 0 Å². The molecule has 0 N–H and O–H groups in total. The molecule has 0 aliphatic heterocycles. The molecule has 0 saturated carbocycles. The molecule has 10 aromatic carbocycles. The lowest BCUT2D eigenvalue weighted by molar-refractivity contribution is 0.672. The lowest BCUT2D eigenvalue weighted by Gasteiger charge is -2.16. The summed E-state index contributed by atoms with van der Waals surface area (Å²) in [5.74, 6) is 0.667. The summed E-state index contributed by atoms with van der Waals surface area (Å²) in [7, 11) is 0. The molecule has 3 nitrogen and oxygen atoms in total. The standard InChI is InChI=1S/C62H40N2O/c1-5-15-41(16-6-1)48-30-32-53(56(38-48)44-19-9-3-10-20-44)52-36-50(42-17-7-2-8-18-42)35-51(37-52)43-25-27-47(28-26-43)62-63-58(46-22-11-4-12-23-46)40-59(64-62)49-31-34-60-57(39-49)55-33-29-45-21-13-14-24-54(45)61(55)65-60/h1-40H. The molecule has 12 aromatic rings. The zero-order valence-corrected chi connectivity index (χ0v) is 35.4. The maximum atomic E-state index is 6.47. The van der Waals surface area contributed by atoms with Crippen molar-refractivity contribution in [2.45, 2.75) is 0 Å². The van der Waals surface area contributed by atoms with E-state index in [4.69, 9.17) is 14.4 Å². The molecule has 0 aliphatic carbocycles. The largest absolute Gasteiger partial charge is 0.455 e. The Morgan fingerprint density at radius 3 is 1.48 bits per heavy atom. The van der Waals surface area contributed by atoms with Gasteiger partial charge in [0.25, 0.3) is 0 Å². The van der Waals surface area contributed by atoms with Crippen LogP contribution in [0.3, 0.4) is 0 Å². The third kappa shape index (κ3) is 7.25. The SMILES string of the molecule is c1ccc(-c2cc(-c3ccc(-c4nc(-c5ccccc5)cc(-c5ccc6oc7c8ccccc8ccc7c6c5)n4)cc3)cc(-c3ccc(-c4ccccc4)cc3-c3ccccc3)c2)cc1. The summed E-state index contributed by atoms with van der Waals surface area (Å²) in [5, 5.41) is 4.43. The van der Waals surface area contributed by atoms with Crippen LogP contribution in [0.25, 0.3) is 122 Å². The van der Waals surface area contributed by atoms with Gasteiger partial charge in [-0.25, -0.2) is 9.97 Å². The van der Waals surface area contributed by atoms with E-state index in [1.807, 2.05) is 6.07 Å². The van der Waals surface area contributed by atoms with Gasteiger partial charge in [0.1, 0.15) is 11.2 Å². The van der Waals surface area contributed by atoms with Crippen molar-refractivity contribution in [2.24, 2.45) is 0 Å². The second-order valence-corrected chi connectivity index (χ2v) is 16.5. The van der Waals surface area contributed by atoms with Crippen molar-refractivity contribution in [3.63, 3.8) is 0 Å². The van der Waals surface area contributed by atoms with Gasteiger partial charge in [-0.05, 0) is 116 Å². The van der Waals surface area contributed by atoms with Crippen molar-refractivity contribution >= 4 is 32.7 Å². The number of nitrogens with zero attached hydrogens (tertiary/aromatic N) is 2. The molecule has 304 valence electrons. The first-order valence-electron chi connectivity index (χ1n) is 22.0. The molecule has 0 fully saturated rings. The van der Waals surface area contributed by atoms with E-state index < -0.39 is 0 Å². The monoisotopic (exact) mass is 828 g/mol. The van der Waals surface area contributed by atoms with Crippen LogP contribution in [0.1, 0.15) is 0 Å². The number of rotatable bonds is 8. The normalized spacial score (nSPS) is 11.4. The minimum absolute atomic E-state index is 0.667. The lowest BCUT2D eigenvalue weighted by atomic mass is 9.88. The summed E-state index contributed by atoms with van der Waals surface area (Å²) >= 11 is 0. The van der Waals surface area contributed by atoms with Gasteiger partial charge in [-0.3, -0.25) is 0 Å². The number of hydrogen-bond donors (Lipinski definition) is 0. The third-order valence-corrected chi connectivity index (χ3v) is 12.5. The van der Waals surface area contributed by atoms with Gasteiger partial charge >= 0.3 is 0 Å². The summed E-state index contributed by atoms with van der Waals surface area (Å²) in [6.45, 7) is 0.